The fourth-order valence-electron chi connectivity index (χ4n) is 17.6. The summed E-state index contributed by atoms with van der Waals surface area (Å²) < 4.78 is 5.81. The van der Waals surface area contributed by atoms with Gasteiger partial charge >= 0.3 is 0 Å². The highest BCUT2D eigenvalue weighted by Gasteiger charge is 2.52. The molecule has 5 atom stereocenters. The van der Waals surface area contributed by atoms with Gasteiger partial charge in [-0.3, -0.25) is 74.2 Å². The van der Waals surface area contributed by atoms with Gasteiger partial charge in [0.1, 0.15) is 18.1 Å². The molecule has 7 aromatic rings. The molecule has 5 unspecified atom stereocenters. The Morgan fingerprint density at radius 1 is 0.470 bits per heavy atom. The second kappa shape index (κ2) is 42.8. The number of amides is 8. The number of aliphatic hydroxyl groups excluding tert-OH is 1. The lowest BCUT2D eigenvalue weighted by atomic mass is 9.62. The van der Waals surface area contributed by atoms with Gasteiger partial charge in [0.05, 0.1) is 27.8 Å². The molecule has 0 aromatic heterocycles. The van der Waals surface area contributed by atoms with Crippen molar-refractivity contribution in [3.05, 3.63) is 269 Å². The number of carbonyl (C=O) groups is 9. The highest BCUT2D eigenvalue weighted by Crippen LogP contribution is 2.46. The number of hydrogen-bond donors (Lipinski definition) is 5. The second-order valence-electron chi connectivity index (χ2n) is 33.2. The number of rotatable bonds is 25. The molecule has 14 rings (SSSR count). The molecule has 4 fully saturated rings. The molecular weight excluding hydrogens is 1470 g/mol. The Balaban J connectivity index is 0.000000155. The Morgan fingerprint density at radius 3 is 1.43 bits per heavy atom. The topological polar surface area (TPSA) is 244 Å². The number of aliphatic hydroxyl groups is 1. The van der Waals surface area contributed by atoms with Gasteiger partial charge in [-0.15, -0.1) is 0 Å². The molecule has 6 aliphatic heterocycles. The van der Waals surface area contributed by atoms with Crippen molar-refractivity contribution in [3.8, 4) is 5.75 Å². The summed E-state index contributed by atoms with van der Waals surface area (Å²) in [5.41, 5.74) is 6.40. The largest absolute Gasteiger partial charge is 0.491 e. The number of nitrogens with zero attached hydrogens (tertiary/aromatic N) is 4. The predicted molar refractivity (Wildman–Crippen MR) is 459 cm³/mol. The fourth-order valence-corrected chi connectivity index (χ4v) is 17.6. The van der Waals surface area contributed by atoms with Crippen LogP contribution in [0.5, 0.6) is 5.75 Å². The highest BCUT2D eigenvalue weighted by atomic mass is 16.5. The van der Waals surface area contributed by atoms with Crippen LogP contribution < -0.4 is 26.0 Å². The molecule has 0 radical (unpaired) electrons. The molecule has 5 N–H and O–H groups in total. The average Bonchev–Trinajstić information content (AvgIpc) is 0.757. The van der Waals surface area contributed by atoms with Crippen LogP contribution in [0.1, 0.15) is 176 Å². The van der Waals surface area contributed by atoms with Gasteiger partial charge in [0.25, 0.3) is 0 Å². The van der Waals surface area contributed by atoms with Crippen LogP contribution in [0.15, 0.2) is 224 Å². The summed E-state index contributed by atoms with van der Waals surface area (Å²) >= 11 is 0. The maximum atomic E-state index is 13.1. The van der Waals surface area contributed by atoms with Gasteiger partial charge in [-0.05, 0) is 204 Å². The van der Waals surface area contributed by atoms with E-state index in [2.05, 4.69) is 138 Å². The van der Waals surface area contributed by atoms with Crippen molar-refractivity contribution in [2.24, 2.45) is 17.3 Å². The van der Waals surface area contributed by atoms with Crippen LogP contribution in [0.2, 0.25) is 0 Å². The molecule has 7 aromatic carbocycles. The maximum absolute atomic E-state index is 13.1. The Labute approximate surface area is 692 Å². The first kappa shape index (κ1) is 89.2. The summed E-state index contributed by atoms with van der Waals surface area (Å²) in [5.74, 6) is -0.0690. The molecule has 7 aliphatic rings. The maximum Gasteiger partial charge on any atom is 0.250 e. The van der Waals surface area contributed by atoms with E-state index in [4.69, 9.17) is 4.74 Å². The number of benzene rings is 7. The van der Waals surface area contributed by atoms with E-state index in [-0.39, 0.29) is 64.5 Å². The van der Waals surface area contributed by atoms with Crippen LogP contribution in [0, 0.1) is 17.3 Å². The van der Waals surface area contributed by atoms with Crippen molar-refractivity contribution in [1.82, 2.24) is 40.9 Å². The molecule has 19 heteroatoms. The predicted octanol–water partition coefficient (Wildman–Crippen LogP) is 13.6. The van der Waals surface area contributed by atoms with Crippen LogP contribution in [0.4, 0.5) is 0 Å². The van der Waals surface area contributed by atoms with E-state index in [1.165, 1.54) is 23.3 Å². The summed E-state index contributed by atoms with van der Waals surface area (Å²) in [5, 5.41) is 20.2. The van der Waals surface area contributed by atoms with Crippen molar-refractivity contribution >= 4 is 53.0 Å². The molecular formula is C98H122N8O11. The van der Waals surface area contributed by atoms with Gasteiger partial charge in [-0.25, -0.2) is 0 Å². The van der Waals surface area contributed by atoms with Crippen LogP contribution in [0.3, 0.4) is 0 Å². The molecule has 8 amide bonds. The first-order valence-electron chi connectivity index (χ1n) is 42.4. The number of imide groups is 4. The van der Waals surface area contributed by atoms with Crippen LogP contribution in [0.25, 0.3) is 0 Å². The number of piperidine rings is 4. The van der Waals surface area contributed by atoms with Gasteiger partial charge < -0.3 is 19.6 Å². The third-order valence-electron chi connectivity index (χ3n) is 24.7. The van der Waals surface area contributed by atoms with Gasteiger partial charge in [0, 0.05) is 50.9 Å². The monoisotopic (exact) mass is 1590 g/mol. The zero-order valence-electron chi connectivity index (χ0n) is 69.7. The summed E-state index contributed by atoms with van der Waals surface area (Å²) in [6.45, 7) is 26.6. The minimum Gasteiger partial charge on any atom is -0.491 e. The number of ether oxygens (including phenoxy) is 1. The number of hydrogen-bond acceptors (Lipinski definition) is 15. The summed E-state index contributed by atoms with van der Waals surface area (Å²) in [6, 6.07) is 66.3. The van der Waals surface area contributed by atoms with Gasteiger partial charge in [-0.1, -0.05) is 255 Å². The number of nitrogens with one attached hydrogen (secondary N) is 4. The quantitative estimate of drug-likeness (QED) is 0.0334. The van der Waals surface area contributed by atoms with Gasteiger partial charge in [0.15, 0.2) is 0 Å². The van der Waals surface area contributed by atoms with E-state index < -0.39 is 27.8 Å². The summed E-state index contributed by atoms with van der Waals surface area (Å²) in [7, 11) is 0. The molecule has 117 heavy (non-hydrogen) atoms. The Hall–Kier alpha value is -10.2. The number of carbonyl (C=O) groups excluding carboxylic acids is 9. The standard InChI is InChI=1S/C23H26N2O2.C23H24N2O2.C18H26O3.C17H24N2O2.C17H22N2O2/c2*26-21-11-14-23(22(27)24-21,19-9-5-2-6-10-19)20-12-15-25(16-13-20)17-18-7-3-1-4-8-18;1-18(2,3)10-9-15(20)12-21-17-6-4-5-13-11-14(19)7-8-16(13)17;2*1-3-19(4-2)13-12-17(14-8-6-5-7-9-14)11-10-15(20)18-16(17)21/h1-10,20H,11-17H2,(H,24,26,27);1-11,14,20H,12-13,15-17H2,(H,24,26,27);4-6,15,20H,7-12H2,1-3H3;5-9H,3-4,10-13H2,1-2H3,(H,18,20,21);5-11H,3-4,12-13H2,1-2H3,(H,18,20,21). The minimum absolute atomic E-state index is 0.105. The first-order chi connectivity index (χ1) is 56.5. The van der Waals surface area contributed by atoms with E-state index in [1.807, 2.05) is 158 Å². The van der Waals surface area contributed by atoms with E-state index in [0.29, 0.717) is 57.3 Å². The first-order valence-corrected chi connectivity index (χ1v) is 42.4. The molecule has 0 spiro atoms. The second-order valence-corrected chi connectivity index (χ2v) is 33.2. The van der Waals surface area contributed by atoms with E-state index in [1.54, 1.807) is 6.08 Å². The third-order valence-corrected chi connectivity index (χ3v) is 24.7. The lowest BCUT2D eigenvalue weighted by Crippen LogP contribution is -2.57. The lowest BCUT2D eigenvalue weighted by Gasteiger charge is -2.45. The normalized spacial score (nSPS) is 22.1. The summed E-state index contributed by atoms with van der Waals surface area (Å²) in [6.07, 6.45) is 17.0. The molecule has 0 saturated carbocycles. The molecule has 0 bridgehead atoms. The van der Waals surface area contributed by atoms with E-state index in [0.717, 1.165) is 169 Å². The molecule has 620 valence electrons. The van der Waals surface area contributed by atoms with Crippen molar-refractivity contribution in [2.45, 2.75) is 186 Å². The van der Waals surface area contributed by atoms with Crippen molar-refractivity contribution in [1.29, 1.82) is 0 Å². The smallest absolute Gasteiger partial charge is 0.250 e. The van der Waals surface area contributed by atoms with Crippen molar-refractivity contribution in [3.63, 3.8) is 0 Å². The number of fused-ring (bicyclic) bond motifs is 1. The zero-order valence-corrected chi connectivity index (χ0v) is 69.7. The molecule has 1 aliphatic carbocycles. The van der Waals surface area contributed by atoms with Crippen molar-refractivity contribution < 1.29 is 53.0 Å². The van der Waals surface area contributed by atoms with Gasteiger partial charge in [0.2, 0.25) is 47.3 Å². The number of likely N-dealkylation sites (tertiary alicyclic amines) is 2. The molecule has 6 heterocycles. The van der Waals surface area contributed by atoms with Crippen LogP contribution in [-0.4, -0.2) is 156 Å². The SMILES string of the molecule is CC(C)(C)CCC(O)COc1cccc2c1CCC(=O)C2.CCN(CC)CCC1(c2ccccc2)C=CC(=O)NC1=O.CCN(CC)CCC1(c2ccccc2)CCC(=O)NC1=O.O=C1C=CC(c2ccccc2)(C2CCN(Cc3ccccc3)CC2)C(=O)N1.O=C1CCC(c2ccccc2)(C2CCN(Cc3ccccc3)CC2)C(=O)N1. The van der Waals surface area contributed by atoms with E-state index >= 15 is 0 Å². The average molecular weight is 1590 g/mol. The van der Waals surface area contributed by atoms with Crippen LogP contribution >= 0.6 is 0 Å². The Bertz CT molecular complexity index is 4480. The van der Waals surface area contributed by atoms with Crippen molar-refractivity contribution in [2.75, 3.05) is 72.1 Å². The molecule has 4 saturated heterocycles. The lowest BCUT2D eigenvalue weighted by molar-refractivity contribution is -0.141. The van der Waals surface area contributed by atoms with E-state index in [9.17, 15) is 48.3 Å². The number of ketones is 1. The highest BCUT2D eigenvalue weighted by molar-refractivity contribution is 6.10. The Morgan fingerprint density at radius 2 is 0.932 bits per heavy atom. The fraction of sp³-hybridized carbons (Fsp3) is 0.439. The Kier molecular flexibility index (Phi) is 32.6. The van der Waals surface area contributed by atoms with Crippen LogP contribution in [-0.2, 0) is 90.7 Å². The third kappa shape index (κ3) is 23.6. The minimum atomic E-state index is -0.756. The number of Topliss-reactive ketones (excluding diaryl/α,β-unsaturated/α-hetero) is 1. The van der Waals surface area contributed by atoms with Gasteiger partial charge in [-0.2, -0.15) is 0 Å². The molecule has 19 nitrogen and oxygen atoms in total. The summed E-state index contributed by atoms with van der Waals surface area (Å²) in [4.78, 5) is 119. The zero-order chi connectivity index (χ0) is 83.4.